The Kier molecular flexibility index (Phi) is 16.2. The van der Waals surface area contributed by atoms with Crippen LogP contribution in [-0.2, 0) is 9.53 Å². The Hall–Kier alpha value is -0.990. The van der Waals surface area contributed by atoms with Crippen molar-refractivity contribution in [2.45, 2.75) is 96.8 Å². The monoisotopic (exact) mass is 339 g/mol. The molecule has 0 heterocycles. The molecule has 0 aromatic carbocycles. The van der Waals surface area contributed by atoms with E-state index in [1.165, 1.54) is 84.2 Å². The zero-order valence-corrected chi connectivity index (χ0v) is 16.7. The van der Waals surface area contributed by atoms with Crippen molar-refractivity contribution in [1.29, 1.82) is 0 Å². The van der Waals surface area contributed by atoms with Crippen LogP contribution in [-0.4, -0.2) is 32.1 Å². The van der Waals surface area contributed by atoms with E-state index in [-0.39, 0.29) is 5.97 Å². The molecule has 0 atom stereocenters. The van der Waals surface area contributed by atoms with Gasteiger partial charge in [-0.1, -0.05) is 84.0 Å². The van der Waals surface area contributed by atoms with Gasteiger partial charge in [-0.25, -0.2) is 4.79 Å². The molecule has 0 aliphatic carbocycles. The lowest BCUT2D eigenvalue weighted by Gasteiger charge is -2.10. The molecular weight excluding hydrogens is 298 g/mol. The first-order valence-corrected chi connectivity index (χ1v) is 10.1. The van der Waals surface area contributed by atoms with E-state index < -0.39 is 0 Å². The molecule has 0 amide bonds. The first-order valence-electron chi connectivity index (χ1n) is 10.1. The molecule has 0 N–H and O–H groups in total. The van der Waals surface area contributed by atoms with Crippen molar-refractivity contribution in [3.8, 4) is 0 Å². The average Bonchev–Trinajstić information content (AvgIpc) is 2.56. The summed E-state index contributed by atoms with van der Waals surface area (Å²) < 4.78 is 4.84. The fraction of sp³-hybridized carbons (Fsp3) is 0.857. The van der Waals surface area contributed by atoms with E-state index in [9.17, 15) is 4.79 Å². The summed E-state index contributed by atoms with van der Waals surface area (Å²) in [4.78, 5) is 13.6. The highest BCUT2D eigenvalue weighted by Crippen LogP contribution is 2.15. The molecule has 142 valence electrons. The molecule has 0 aromatic heterocycles. The minimum absolute atomic E-state index is 0.192. The maximum atomic E-state index is 11.7. The summed E-state index contributed by atoms with van der Waals surface area (Å²) >= 11 is 0. The van der Waals surface area contributed by atoms with Crippen molar-refractivity contribution in [3.63, 3.8) is 0 Å². The summed E-state index contributed by atoms with van der Waals surface area (Å²) in [5.74, 6) is -0.192. The van der Waals surface area contributed by atoms with Gasteiger partial charge in [0, 0.05) is 20.3 Å². The highest BCUT2D eigenvalue weighted by Gasteiger charge is 2.09. The smallest absolute Gasteiger partial charge is 0.335 e. The largest absolute Gasteiger partial charge is 0.466 e. The predicted molar refractivity (Wildman–Crippen MR) is 104 cm³/mol. The quantitative estimate of drug-likeness (QED) is 0.194. The van der Waals surface area contributed by atoms with E-state index in [2.05, 4.69) is 6.92 Å². The van der Waals surface area contributed by atoms with Crippen molar-refractivity contribution in [1.82, 2.24) is 4.90 Å². The van der Waals surface area contributed by atoms with Gasteiger partial charge in [0.2, 0.25) is 0 Å². The van der Waals surface area contributed by atoms with Gasteiger partial charge in [-0.15, -0.1) is 0 Å². The van der Waals surface area contributed by atoms with Crippen molar-refractivity contribution in [3.05, 3.63) is 11.8 Å². The number of carbonyl (C=O) groups excluding carboxylic acids is 1. The highest BCUT2D eigenvalue weighted by molar-refractivity contribution is 5.88. The Balaban J connectivity index is 3.48. The molecule has 0 bridgehead atoms. The van der Waals surface area contributed by atoms with Gasteiger partial charge in [-0.2, -0.15) is 0 Å². The van der Waals surface area contributed by atoms with Gasteiger partial charge in [0.15, 0.2) is 0 Å². The second-order valence-electron chi connectivity index (χ2n) is 7.10. The number of hydrogen-bond acceptors (Lipinski definition) is 3. The van der Waals surface area contributed by atoms with Crippen molar-refractivity contribution in [2.24, 2.45) is 0 Å². The van der Waals surface area contributed by atoms with E-state index in [0.717, 1.165) is 18.4 Å². The van der Waals surface area contributed by atoms with Gasteiger partial charge in [0.25, 0.3) is 0 Å². The van der Waals surface area contributed by atoms with E-state index in [1.54, 1.807) is 0 Å². The van der Waals surface area contributed by atoms with Crippen LogP contribution in [0.2, 0.25) is 0 Å². The van der Waals surface area contributed by atoms with E-state index in [0.29, 0.717) is 0 Å². The fourth-order valence-corrected chi connectivity index (χ4v) is 3.00. The van der Waals surface area contributed by atoms with Gasteiger partial charge < -0.3 is 9.64 Å². The lowest BCUT2D eigenvalue weighted by atomic mass is 10.0. The third-order valence-electron chi connectivity index (χ3n) is 4.41. The standard InChI is InChI=1S/C21H41NO2/c1-5-6-7-8-9-10-11-12-13-14-15-16-17-18-20(19-22(2)3)21(23)24-4/h19H,5-18H2,1-4H3. The number of methoxy groups -OCH3 is 1. The molecule has 3 nitrogen and oxygen atoms in total. The van der Waals surface area contributed by atoms with E-state index >= 15 is 0 Å². The van der Waals surface area contributed by atoms with Crippen LogP contribution in [0.15, 0.2) is 11.8 Å². The molecule has 0 rings (SSSR count). The molecular formula is C21H41NO2. The third-order valence-corrected chi connectivity index (χ3v) is 4.41. The van der Waals surface area contributed by atoms with Crippen LogP contribution in [0.25, 0.3) is 0 Å². The second-order valence-corrected chi connectivity index (χ2v) is 7.10. The Morgan fingerprint density at radius 3 is 1.58 bits per heavy atom. The van der Waals surface area contributed by atoms with Crippen LogP contribution in [0.1, 0.15) is 96.8 Å². The Bertz CT molecular complexity index is 324. The minimum Gasteiger partial charge on any atom is -0.466 e. The summed E-state index contributed by atoms with van der Waals surface area (Å²) in [5.41, 5.74) is 0.783. The molecule has 0 aliphatic heterocycles. The number of esters is 1. The molecule has 0 radical (unpaired) electrons. The Morgan fingerprint density at radius 2 is 1.21 bits per heavy atom. The van der Waals surface area contributed by atoms with Crippen molar-refractivity contribution >= 4 is 5.97 Å². The summed E-state index contributed by atoms with van der Waals surface area (Å²) in [6, 6.07) is 0. The lowest BCUT2D eigenvalue weighted by Crippen LogP contribution is -2.10. The number of nitrogens with zero attached hydrogens (tertiary/aromatic N) is 1. The number of hydrogen-bond donors (Lipinski definition) is 0. The molecule has 0 spiro atoms. The minimum atomic E-state index is -0.192. The summed E-state index contributed by atoms with van der Waals surface area (Å²) in [7, 11) is 5.33. The number of rotatable bonds is 16. The van der Waals surface area contributed by atoms with Gasteiger partial charge >= 0.3 is 5.97 Å². The van der Waals surface area contributed by atoms with Crippen LogP contribution >= 0.6 is 0 Å². The maximum Gasteiger partial charge on any atom is 0.335 e. The van der Waals surface area contributed by atoms with Gasteiger partial charge in [0.1, 0.15) is 0 Å². The van der Waals surface area contributed by atoms with Crippen molar-refractivity contribution < 1.29 is 9.53 Å². The second kappa shape index (κ2) is 16.9. The summed E-state index contributed by atoms with van der Waals surface area (Å²) in [5, 5.41) is 0. The van der Waals surface area contributed by atoms with Crippen molar-refractivity contribution in [2.75, 3.05) is 21.2 Å². The summed E-state index contributed by atoms with van der Waals surface area (Å²) in [6.45, 7) is 2.27. The van der Waals surface area contributed by atoms with Gasteiger partial charge in [-0.3, -0.25) is 0 Å². The van der Waals surface area contributed by atoms with Crippen LogP contribution in [0.5, 0.6) is 0 Å². The molecule has 0 aromatic rings. The number of unbranched alkanes of at least 4 members (excludes halogenated alkanes) is 12. The molecule has 0 saturated heterocycles. The molecule has 0 fully saturated rings. The number of carbonyl (C=O) groups is 1. The van der Waals surface area contributed by atoms with Crippen LogP contribution in [0, 0.1) is 0 Å². The van der Waals surface area contributed by atoms with Gasteiger partial charge in [0.05, 0.1) is 12.7 Å². The lowest BCUT2D eigenvalue weighted by molar-refractivity contribution is -0.136. The molecule has 0 saturated carbocycles. The van der Waals surface area contributed by atoms with E-state index in [1.807, 2.05) is 25.2 Å². The Labute approximate surface area is 150 Å². The maximum absolute atomic E-state index is 11.7. The molecule has 0 aliphatic rings. The number of ether oxygens (including phenoxy) is 1. The fourth-order valence-electron chi connectivity index (χ4n) is 3.00. The molecule has 24 heavy (non-hydrogen) atoms. The van der Waals surface area contributed by atoms with E-state index in [4.69, 9.17) is 4.74 Å². The molecule has 0 unspecified atom stereocenters. The predicted octanol–water partition coefficient (Wildman–Crippen LogP) is 6.09. The summed E-state index contributed by atoms with van der Waals surface area (Å²) in [6.07, 6.45) is 20.2. The topological polar surface area (TPSA) is 29.5 Å². The van der Waals surface area contributed by atoms with Gasteiger partial charge in [-0.05, 0) is 12.8 Å². The normalized spacial score (nSPS) is 11.6. The SMILES string of the molecule is CCCCCCCCCCCCCCCC(=CN(C)C)C(=O)OC. The Morgan fingerprint density at radius 1 is 0.792 bits per heavy atom. The van der Waals surface area contributed by atoms with Crippen LogP contribution < -0.4 is 0 Å². The highest BCUT2D eigenvalue weighted by atomic mass is 16.5. The zero-order valence-electron chi connectivity index (χ0n) is 16.7. The van der Waals surface area contributed by atoms with Crippen LogP contribution in [0.4, 0.5) is 0 Å². The third kappa shape index (κ3) is 14.6. The molecule has 3 heteroatoms. The van der Waals surface area contributed by atoms with Crippen LogP contribution in [0.3, 0.4) is 0 Å². The first kappa shape index (κ1) is 23.0. The zero-order chi connectivity index (χ0) is 18.0. The average molecular weight is 340 g/mol. The first-order chi connectivity index (χ1) is 11.6.